The topological polar surface area (TPSA) is 17.1 Å². The molecule has 0 saturated carbocycles. The van der Waals surface area contributed by atoms with E-state index in [0.29, 0.717) is 0 Å². The zero-order valence-corrected chi connectivity index (χ0v) is 11.8. The van der Waals surface area contributed by atoms with Gasteiger partial charge in [-0.3, -0.25) is 4.79 Å². The number of rotatable bonds is 3. The molecule has 0 aromatic heterocycles. The molecular formula is C9H9BF3KO. The zero-order chi connectivity index (χ0) is 10.8. The zero-order valence-electron chi connectivity index (χ0n) is 8.64. The fourth-order valence-electron chi connectivity index (χ4n) is 1.29. The van der Waals surface area contributed by atoms with Crippen molar-refractivity contribution >= 4 is 12.8 Å². The molecule has 0 radical (unpaired) electrons. The van der Waals surface area contributed by atoms with Gasteiger partial charge < -0.3 is 12.9 Å². The van der Waals surface area contributed by atoms with Crippen LogP contribution in [-0.2, 0) is 6.32 Å². The molecule has 0 bridgehead atoms. The molecule has 0 atom stereocenters. The first kappa shape index (κ1) is 15.4. The minimum atomic E-state index is -4.88. The van der Waals surface area contributed by atoms with E-state index in [-0.39, 0.29) is 68.3 Å². The first-order chi connectivity index (χ1) is 6.40. The van der Waals surface area contributed by atoms with Gasteiger partial charge in [0.15, 0.2) is 5.78 Å². The van der Waals surface area contributed by atoms with Gasteiger partial charge in [-0.25, -0.2) is 0 Å². The Bertz CT molecular complexity index is 351. The predicted octanol–water partition coefficient (Wildman–Crippen LogP) is -0.178. The molecule has 0 aliphatic carbocycles. The third kappa shape index (κ3) is 5.31. The van der Waals surface area contributed by atoms with Crippen LogP contribution in [0.25, 0.3) is 0 Å². The van der Waals surface area contributed by atoms with Crippen molar-refractivity contribution in [2.75, 3.05) is 0 Å². The molecule has 0 heterocycles. The molecule has 1 nitrogen and oxygen atoms in total. The summed E-state index contributed by atoms with van der Waals surface area (Å²) in [5.41, 5.74) is 0.221. The Morgan fingerprint density at radius 1 is 1.27 bits per heavy atom. The van der Waals surface area contributed by atoms with Crippen molar-refractivity contribution in [2.24, 2.45) is 0 Å². The number of hydrogen-bond acceptors (Lipinski definition) is 1. The molecule has 0 N–H and O–H groups in total. The quantitative estimate of drug-likeness (QED) is 0.529. The van der Waals surface area contributed by atoms with Crippen molar-refractivity contribution in [3.05, 3.63) is 35.4 Å². The average molecular weight is 240 g/mol. The molecule has 0 spiro atoms. The van der Waals surface area contributed by atoms with Crippen LogP contribution in [0.3, 0.4) is 0 Å². The third-order valence-corrected chi connectivity index (χ3v) is 1.85. The van der Waals surface area contributed by atoms with Crippen molar-refractivity contribution in [3.63, 3.8) is 0 Å². The van der Waals surface area contributed by atoms with Crippen molar-refractivity contribution in [2.45, 2.75) is 13.2 Å². The Kier molecular flexibility index (Phi) is 6.36. The number of Topliss-reactive ketones (excluding diaryl/α,β-unsaturated/α-hetero) is 1. The number of carbonyl (C=O) groups excluding carboxylic acids is 1. The monoisotopic (exact) mass is 240 g/mol. The fraction of sp³-hybridized carbons (Fsp3) is 0.222. The fourth-order valence-corrected chi connectivity index (χ4v) is 1.29. The molecule has 0 amide bonds. The Hall–Kier alpha value is 0.381. The first-order valence-corrected chi connectivity index (χ1v) is 4.20. The maximum Gasteiger partial charge on any atom is 1.00 e. The van der Waals surface area contributed by atoms with Crippen LogP contribution in [0, 0.1) is 0 Å². The summed E-state index contributed by atoms with van der Waals surface area (Å²) in [4.78, 5) is 11.0. The van der Waals surface area contributed by atoms with E-state index in [4.69, 9.17) is 0 Å². The van der Waals surface area contributed by atoms with E-state index in [2.05, 4.69) is 0 Å². The molecule has 1 aromatic rings. The minimum Gasteiger partial charge on any atom is -0.449 e. The van der Waals surface area contributed by atoms with Gasteiger partial charge in [-0.05, 0) is 6.92 Å². The van der Waals surface area contributed by atoms with E-state index in [1.807, 2.05) is 0 Å². The predicted molar refractivity (Wildman–Crippen MR) is 49.2 cm³/mol. The second-order valence-electron chi connectivity index (χ2n) is 3.13. The minimum absolute atomic E-state index is 0. The van der Waals surface area contributed by atoms with Crippen LogP contribution in [0.15, 0.2) is 24.3 Å². The van der Waals surface area contributed by atoms with Crippen LogP contribution in [0.5, 0.6) is 0 Å². The average Bonchev–Trinajstić information content (AvgIpc) is 2.01. The Morgan fingerprint density at radius 2 is 1.80 bits per heavy atom. The van der Waals surface area contributed by atoms with Gasteiger partial charge in [-0.2, -0.15) is 0 Å². The molecule has 15 heavy (non-hydrogen) atoms. The smallest absolute Gasteiger partial charge is 0.449 e. The Morgan fingerprint density at radius 3 is 2.27 bits per heavy atom. The summed E-state index contributed by atoms with van der Waals surface area (Å²) in [6, 6.07) is 5.82. The summed E-state index contributed by atoms with van der Waals surface area (Å²) in [5.74, 6) is -0.333. The van der Waals surface area contributed by atoms with Crippen LogP contribution < -0.4 is 51.4 Å². The normalized spacial score (nSPS) is 10.7. The molecule has 0 aliphatic rings. The summed E-state index contributed by atoms with van der Waals surface area (Å²) >= 11 is 0. The van der Waals surface area contributed by atoms with Crippen molar-refractivity contribution in [1.82, 2.24) is 0 Å². The summed E-state index contributed by atoms with van der Waals surface area (Å²) in [7, 11) is 0. The van der Waals surface area contributed by atoms with E-state index in [0.717, 1.165) is 0 Å². The van der Waals surface area contributed by atoms with Gasteiger partial charge >= 0.3 is 58.4 Å². The first-order valence-electron chi connectivity index (χ1n) is 4.20. The van der Waals surface area contributed by atoms with E-state index < -0.39 is 13.3 Å². The molecule has 6 heteroatoms. The van der Waals surface area contributed by atoms with Crippen LogP contribution in [0.4, 0.5) is 12.9 Å². The van der Waals surface area contributed by atoms with Gasteiger partial charge in [0.2, 0.25) is 0 Å². The van der Waals surface area contributed by atoms with Crippen LogP contribution in [-0.4, -0.2) is 12.8 Å². The molecule has 0 saturated heterocycles. The van der Waals surface area contributed by atoms with Crippen molar-refractivity contribution in [1.29, 1.82) is 0 Å². The standard InChI is InChI=1S/C9H9BF3O.K/c1-7(14)9-5-3-2-4-8(9)6-10(11,12)13;/h2-5H,6H2,1H3;/q-1;+1. The molecule has 0 fully saturated rings. The Balaban J connectivity index is 0.00000196. The molecule has 0 aliphatic heterocycles. The van der Waals surface area contributed by atoms with Gasteiger partial charge in [-0.1, -0.05) is 36.1 Å². The maximum absolute atomic E-state index is 12.1. The second-order valence-corrected chi connectivity index (χ2v) is 3.13. The SMILES string of the molecule is CC(=O)c1ccccc1C[B-](F)(F)F.[K+]. The number of halogens is 3. The summed E-state index contributed by atoms with van der Waals surface area (Å²) < 4.78 is 36.4. The number of ketones is 1. The maximum atomic E-state index is 12.1. The third-order valence-electron chi connectivity index (χ3n) is 1.85. The van der Waals surface area contributed by atoms with Gasteiger partial charge in [0.1, 0.15) is 0 Å². The largest absolute Gasteiger partial charge is 1.00 e. The van der Waals surface area contributed by atoms with Crippen molar-refractivity contribution < 1.29 is 69.1 Å². The molecule has 0 unspecified atom stereocenters. The Labute approximate surface area is 129 Å². The second kappa shape index (κ2) is 6.20. The molecule has 76 valence electrons. The number of hydrogen-bond donors (Lipinski definition) is 0. The van der Waals surface area contributed by atoms with Gasteiger partial charge in [0.05, 0.1) is 0 Å². The summed E-state index contributed by atoms with van der Waals surface area (Å²) in [6.45, 7) is -3.62. The number of benzene rings is 1. The molecular weight excluding hydrogens is 231 g/mol. The van der Waals surface area contributed by atoms with Gasteiger partial charge in [-0.15, -0.1) is 0 Å². The van der Waals surface area contributed by atoms with E-state index >= 15 is 0 Å². The number of carbonyl (C=O) groups is 1. The van der Waals surface area contributed by atoms with E-state index in [1.54, 1.807) is 6.07 Å². The van der Waals surface area contributed by atoms with E-state index in [9.17, 15) is 17.7 Å². The van der Waals surface area contributed by atoms with Crippen molar-refractivity contribution in [3.8, 4) is 0 Å². The molecule has 1 aromatic carbocycles. The van der Waals surface area contributed by atoms with Gasteiger partial charge in [0.25, 0.3) is 0 Å². The summed E-state index contributed by atoms with van der Waals surface area (Å²) in [6.07, 6.45) is -0.990. The van der Waals surface area contributed by atoms with Crippen LogP contribution >= 0.6 is 0 Å². The van der Waals surface area contributed by atoms with Crippen LogP contribution in [0.2, 0.25) is 0 Å². The van der Waals surface area contributed by atoms with Gasteiger partial charge in [0, 0.05) is 5.56 Å². The summed E-state index contributed by atoms with van der Waals surface area (Å²) in [5, 5.41) is 0. The molecule has 1 rings (SSSR count). The van der Waals surface area contributed by atoms with Crippen LogP contribution in [0.1, 0.15) is 22.8 Å². The van der Waals surface area contributed by atoms with E-state index in [1.165, 1.54) is 25.1 Å².